The Balaban J connectivity index is 1.50. The van der Waals surface area contributed by atoms with Crippen molar-refractivity contribution in [1.82, 2.24) is 19.8 Å². The van der Waals surface area contributed by atoms with E-state index in [0.717, 1.165) is 51.1 Å². The Kier molecular flexibility index (Phi) is 5.25. The fraction of sp³-hybridized carbons (Fsp3) is 0.571. The van der Waals surface area contributed by atoms with E-state index in [0.29, 0.717) is 29.1 Å². The van der Waals surface area contributed by atoms with Crippen LogP contribution in [0.25, 0.3) is 10.9 Å². The van der Waals surface area contributed by atoms with Crippen LogP contribution in [0.3, 0.4) is 0 Å². The summed E-state index contributed by atoms with van der Waals surface area (Å²) in [4.78, 5) is 32.4. The van der Waals surface area contributed by atoms with E-state index in [9.17, 15) is 9.59 Å². The zero-order valence-corrected chi connectivity index (χ0v) is 16.0. The summed E-state index contributed by atoms with van der Waals surface area (Å²) >= 11 is 0. The molecular formula is C21H28N4O2. The third-order valence-electron chi connectivity index (χ3n) is 5.95. The van der Waals surface area contributed by atoms with Crippen molar-refractivity contribution < 1.29 is 4.79 Å². The fourth-order valence-corrected chi connectivity index (χ4v) is 4.30. The highest BCUT2D eigenvalue weighted by Gasteiger charge is 2.20. The smallest absolute Gasteiger partial charge is 0.261 e. The summed E-state index contributed by atoms with van der Waals surface area (Å²) in [5.74, 6) is 0.756. The molecule has 1 aromatic carbocycles. The highest BCUT2D eigenvalue weighted by molar-refractivity contribution is 5.97. The van der Waals surface area contributed by atoms with E-state index in [1.165, 1.54) is 12.8 Å². The van der Waals surface area contributed by atoms with E-state index in [4.69, 9.17) is 4.98 Å². The molecule has 2 aromatic rings. The molecule has 27 heavy (non-hydrogen) atoms. The number of fused-ring (bicyclic) bond motifs is 2. The van der Waals surface area contributed by atoms with Crippen LogP contribution in [0.5, 0.6) is 0 Å². The lowest BCUT2D eigenvalue weighted by atomic mass is 10.1. The van der Waals surface area contributed by atoms with Crippen LogP contribution in [0.2, 0.25) is 0 Å². The maximum atomic E-state index is 12.8. The number of likely N-dealkylation sites (tertiary alicyclic amines) is 1. The summed E-state index contributed by atoms with van der Waals surface area (Å²) in [6.07, 6.45) is 6.52. The number of amides is 1. The number of carbonyl (C=O) groups excluding carboxylic acids is 1. The Morgan fingerprint density at radius 2 is 2.11 bits per heavy atom. The van der Waals surface area contributed by atoms with Gasteiger partial charge in [0.15, 0.2) is 0 Å². The average Bonchev–Trinajstić information content (AvgIpc) is 2.93. The predicted octanol–water partition coefficient (Wildman–Crippen LogP) is 2.34. The van der Waals surface area contributed by atoms with E-state index in [2.05, 4.69) is 17.1 Å². The molecule has 1 aromatic heterocycles. The van der Waals surface area contributed by atoms with Gasteiger partial charge in [-0.15, -0.1) is 0 Å². The molecule has 144 valence electrons. The number of aryl methyl sites for hydroxylation is 1. The molecule has 1 amide bonds. The number of aromatic nitrogens is 2. The maximum absolute atomic E-state index is 12.8. The minimum absolute atomic E-state index is 0.0203. The molecule has 0 spiro atoms. The average molecular weight is 368 g/mol. The van der Waals surface area contributed by atoms with Gasteiger partial charge in [0.05, 0.1) is 10.9 Å². The first-order chi connectivity index (χ1) is 13.1. The van der Waals surface area contributed by atoms with Gasteiger partial charge < -0.3 is 5.32 Å². The normalized spacial score (nSPS) is 20.4. The quantitative estimate of drug-likeness (QED) is 0.899. The van der Waals surface area contributed by atoms with Crippen LogP contribution in [-0.2, 0) is 13.0 Å². The molecule has 3 heterocycles. The SMILES string of the molecule is CC1CCCN1CCNC(=O)c1ccc2c(=O)n3c(nc2c1)CCCCC3. The molecule has 6 nitrogen and oxygen atoms in total. The molecule has 1 atom stereocenters. The van der Waals surface area contributed by atoms with Crippen LogP contribution in [-0.4, -0.2) is 46.0 Å². The molecular weight excluding hydrogens is 340 g/mol. The molecule has 1 saturated heterocycles. The number of benzene rings is 1. The molecule has 2 aliphatic rings. The van der Waals surface area contributed by atoms with E-state index in [1.54, 1.807) is 18.2 Å². The molecule has 0 radical (unpaired) electrons. The van der Waals surface area contributed by atoms with Gasteiger partial charge in [0, 0.05) is 37.7 Å². The van der Waals surface area contributed by atoms with Crippen molar-refractivity contribution in [3.05, 3.63) is 39.9 Å². The van der Waals surface area contributed by atoms with E-state index < -0.39 is 0 Å². The maximum Gasteiger partial charge on any atom is 0.261 e. The largest absolute Gasteiger partial charge is 0.351 e. The number of rotatable bonds is 4. The van der Waals surface area contributed by atoms with Crippen molar-refractivity contribution in [1.29, 1.82) is 0 Å². The second-order valence-electron chi connectivity index (χ2n) is 7.81. The van der Waals surface area contributed by atoms with E-state index >= 15 is 0 Å². The Bertz CT molecular complexity index is 905. The second-order valence-corrected chi connectivity index (χ2v) is 7.81. The first-order valence-electron chi connectivity index (χ1n) is 10.2. The van der Waals surface area contributed by atoms with Crippen LogP contribution < -0.4 is 10.9 Å². The van der Waals surface area contributed by atoms with Crippen molar-refractivity contribution in [3.8, 4) is 0 Å². The Morgan fingerprint density at radius 3 is 2.93 bits per heavy atom. The summed E-state index contributed by atoms with van der Waals surface area (Å²) < 4.78 is 1.81. The van der Waals surface area contributed by atoms with Gasteiger partial charge >= 0.3 is 0 Å². The molecule has 0 bridgehead atoms. The zero-order valence-electron chi connectivity index (χ0n) is 16.0. The number of nitrogens with one attached hydrogen (secondary N) is 1. The molecule has 1 unspecified atom stereocenters. The Morgan fingerprint density at radius 1 is 1.22 bits per heavy atom. The minimum atomic E-state index is -0.0967. The van der Waals surface area contributed by atoms with Gasteiger partial charge in [0.1, 0.15) is 5.82 Å². The fourth-order valence-electron chi connectivity index (χ4n) is 4.30. The molecule has 2 aliphatic heterocycles. The summed E-state index contributed by atoms with van der Waals surface area (Å²) in [5.41, 5.74) is 1.23. The molecule has 1 fully saturated rings. The Labute approximate surface area is 159 Å². The third kappa shape index (κ3) is 3.76. The lowest BCUT2D eigenvalue weighted by molar-refractivity contribution is 0.0948. The van der Waals surface area contributed by atoms with Gasteiger partial charge in [-0.1, -0.05) is 6.42 Å². The topological polar surface area (TPSA) is 67.2 Å². The van der Waals surface area contributed by atoms with E-state index in [1.807, 2.05) is 4.57 Å². The molecule has 0 aliphatic carbocycles. The summed E-state index contributed by atoms with van der Waals surface area (Å²) in [7, 11) is 0. The monoisotopic (exact) mass is 368 g/mol. The number of hydrogen-bond donors (Lipinski definition) is 1. The predicted molar refractivity (Wildman–Crippen MR) is 106 cm³/mol. The molecule has 6 heteroatoms. The van der Waals surface area contributed by atoms with Gasteiger partial charge in [-0.05, 0) is 57.4 Å². The zero-order chi connectivity index (χ0) is 18.8. The van der Waals surface area contributed by atoms with Crippen LogP contribution >= 0.6 is 0 Å². The van der Waals surface area contributed by atoms with Gasteiger partial charge in [0.25, 0.3) is 11.5 Å². The highest BCUT2D eigenvalue weighted by Crippen LogP contribution is 2.17. The highest BCUT2D eigenvalue weighted by atomic mass is 16.1. The standard InChI is InChI=1S/C21H28N4O2/c1-15-6-5-11-24(15)13-10-22-20(26)16-8-9-17-18(14-16)23-19-7-3-2-4-12-25(19)21(17)27/h8-9,14-15H,2-7,10-13H2,1H3,(H,22,26). The van der Waals surface area contributed by atoms with Gasteiger partial charge in [-0.3, -0.25) is 19.1 Å². The van der Waals surface area contributed by atoms with Gasteiger partial charge in [-0.25, -0.2) is 4.98 Å². The van der Waals surface area contributed by atoms with Crippen LogP contribution in [0, 0.1) is 0 Å². The summed E-state index contributed by atoms with van der Waals surface area (Å²) in [6, 6.07) is 5.86. The van der Waals surface area contributed by atoms with Crippen molar-refractivity contribution in [2.45, 2.75) is 58.0 Å². The summed E-state index contributed by atoms with van der Waals surface area (Å²) in [6.45, 7) is 5.63. The van der Waals surface area contributed by atoms with Crippen LogP contribution in [0.15, 0.2) is 23.0 Å². The van der Waals surface area contributed by atoms with Gasteiger partial charge in [-0.2, -0.15) is 0 Å². The Hall–Kier alpha value is -2.21. The second kappa shape index (κ2) is 7.80. The lowest BCUT2D eigenvalue weighted by Gasteiger charge is -2.20. The first-order valence-corrected chi connectivity index (χ1v) is 10.2. The van der Waals surface area contributed by atoms with Crippen molar-refractivity contribution in [2.75, 3.05) is 19.6 Å². The first kappa shape index (κ1) is 18.2. The van der Waals surface area contributed by atoms with Crippen molar-refractivity contribution in [3.63, 3.8) is 0 Å². The van der Waals surface area contributed by atoms with E-state index in [-0.39, 0.29) is 11.5 Å². The van der Waals surface area contributed by atoms with Gasteiger partial charge in [0.2, 0.25) is 0 Å². The number of carbonyl (C=O) groups is 1. The molecule has 0 saturated carbocycles. The number of hydrogen-bond acceptors (Lipinski definition) is 4. The van der Waals surface area contributed by atoms with Crippen molar-refractivity contribution in [2.24, 2.45) is 0 Å². The molecule has 4 rings (SSSR count). The minimum Gasteiger partial charge on any atom is -0.351 e. The van der Waals surface area contributed by atoms with Crippen LogP contribution in [0.1, 0.15) is 55.2 Å². The van der Waals surface area contributed by atoms with Crippen molar-refractivity contribution >= 4 is 16.8 Å². The third-order valence-corrected chi connectivity index (χ3v) is 5.95. The number of nitrogens with zero attached hydrogens (tertiary/aromatic N) is 3. The van der Waals surface area contributed by atoms with Crippen LogP contribution in [0.4, 0.5) is 0 Å². The summed E-state index contributed by atoms with van der Waals surface area (Å²) in [5, 5.41) is 3.61. The molecule has 1 N–H and O–H groups in total. The lowest BCUT2D eigenvalue weighted by Crippen LogP contribution is -2.36.